The van der Waals surface area contributed by atoms with Gasteiger partial charge in [-0.25, -0.2) is 0 Å². The molecule has 0 aliphatic carbocycles. The van der Waals surface area contributed by atoms with Gasteiger partial charge in [0.25, 0.3) is 11.6 Å². The van der Waals surface area contributed by atoms with Gasteiger partial charge in [-0.2, -0.15) is 11.8 Å². The van der Waals surface area contributed by atoms with Crippen molar-refractivity contribution >= 4 is 40.2 Å². The molecule has 0 fully saturated rings. The van der Waals surface area contributed by atoms with Crippen molar-refractivity contribution in [2.45, 2.75) is 32.6 Å². The lowest BCUT2D eigenvalue weighted by molar-refractivity contribution is -0.383. The molecule has 0 bridgehead atoms. The van der Waals surface area contributed by atoms with Crippen LogP contribution in [0.4, 0.5) is 5.69 Å². The standard InChI is InChI=1S/C25H29N3O6S/c1-25(2,3)24(30)34-13-18(15-35-14-16-8-10-19(33-4)11-9-16)26-23(29)20-12-17-6-5-7-21(28(31)32)22(17)27-20/h5-12,18,27H,13-15H2,1-4H3,(H,26,29). The maximum atomic E-state index is 13.0. The topological polar surface area (TPSA) is 124 Å². The summed E-state index contributed by atoms with van der Waals surface area (Å²) in [5.74, 6) is 1.17. The Morgan fingerprint density at radius 1 is 1.17 bits per heavy atom. The predicted molar refractivity (Wildman–Crippen MR) is 136 cm³/mol. The number of aromatic nitrogens is 1. The molecule has 1 unspecified atom stereocenters. The number of aromatic amines is 1. The van der Waals surface area contributed by atoms with Crippen LogP contribution in [0, 0.1) is 15.5 Å². The Morgan fingerprint density at radius 2 is 1.89 bits per heavy atom. The first-order valence-electron chi connectivity index (χ1n) is 11.0. The number of hydrogen-bond acceptors (Lipinski definition) is 7. The second-order valence-electron chi connectivity index (χ2n) is 9.06. The number of non-ortho nitro benzene ring substituents is 1. The molecule has 35 heavy (non-hydrogen) atoms. The molecule has 0 saturated heterocycles. The number of H-pyrrole nitrogens is 1. The zero-order valence-electron chi connectivity index (χ0n) is 20.1. The summed E-state index contributed by atoms with van der Waals surface area (Å²) in [5, 5.41) is 14.8. The third-order valence-corrected chi connectivity index (χ3v) is 6.36. The third-order valence-electron chi connectivity index (χ3n) is 5.19. The fourth-order valence-electron chi connectivity index (χ4n) is 3.24. The lowest BCUT2D eigenvalue weighted by Crippen LogP contribution is -2.41. The van der Waals surface area contributed by atoms with Crippen LogP contribution in [0.3, 0.4) is 0 Å². The van der Waals surface area contributed by atoms with Gasteiger partial charge in [-0.1, -0.05) is 24.3 Å². The summed E-state index contributed by atoms with van der Waals surface area (Å²) >= 11 is 1.59. The van der Waals surface area contributed by atoms with Gasteiger partial charge in [-0.3, -0.25) is 19.7 Å². The Hall–Kier alpha value is -3.53. The summed E-state index contributed by atoms with van der Waals surface area (Å²) in [7, 11) is 1.61. The minimum atomic E-state index is -0.666. The van der Waals surface area contributed by atoms with Crippen molar-refractivity contribution in [2.75, 3.05) is 19.5 Å². The summed E-state index contributed by atoms with van der Waals surface area (Å²) in [6.45, 7) is 5.30. The number of carbonyl (C=O) groups excluding carboxylic acids is 2. The number of ether oxygens (including phenoxy) is 2. The molecule has 10 heteroatoms. The molecule has 0 radical (unpaired) electrons. The molecule has 2 aromatic carbocycles. The second kappa shape index (κ2) is 11.3. The van der Waals surface area contributed by atoms with Crippen molar-refractivity contribution < 1.29 is 24.0 Å². The monoisotopic (exact) mass is 499 g/mol. The molecule has 3 aromatic rings. The smallest absolute Gasteiger partial charge is 0.311 e. The van der Waals surface area contributed by atoms with Crippen molar-refractivity contribution in [3.63, 3.8) is 0 Å². The normalized spacial score (nSPS) is 12.2. The van der Waals surface area contributed by atoms with Gasteiger partial charge in [0.1, 0.15) is 23.6 Å². The Balaban J connectivity index is 1.70. The highest BCUT2D eigenvalue weighted by Gasteiger charge is 2.25. The Labute approximate surface area is 207 Å². The van der Waals surface area contributed by atoms with E-state index in [0.29, 0.717) is 16.9 Å². The van der Waals surface area contributed by atoms with Crippen LogP contribution in [0.15, 0.2) is 48.5 Å². The van der Waals surface area contributed by atoms with E-state index in [2.05, 4.69) is 10.3 Å². The fourth-order valence-corrected chi connectivity index (χ4v) is 4.25. The first-order valence-corrected chi connectivity index (χ1v) is 12.2. The number of nitro benzene ring substituents is 1. The van der Waals surface area contributed by atoms with Crippen LogP contribution in [0.25, 0.3) is 10.9 Å². The zero-order valence-corrected chi connectivity index (χ0v) is 20.9. The van der Waals surface area contributed by atoms with E-state index >= 15 is 0 Å². The number of rotatable bonds is 10. The summed E-state index contributed by atoms with van der Waals surface area (Å²) in [4.78, 5) is 38.9. The largest absolute Gasteiger partial charge is 0.497 e. The molecule has 0 spiro atoms. The van der Waals surface area contributed by atoms with Crippen LogP contribution in [0.2, 0.25) is 0 Å². The number of fused-ring (bicyclic) bond motifs is 1. The van der Waals surface area contributed by atoms with E-state index in [4.69, 9.17) is 9.47 Å². The van der Waals surface area contributed by atoms with Gasteiger partial charge in [0.2, 0.25) is 0 Å². The minimum Gasteiger partial charge on any atom is -0.497 e. The Kier molecular flexibility index (Phi) is 8.39. The molecule has 0 aliphatic rings. The highest BCUT2D eigenvalue weighted by atomic mass is 32.2. The summed E-state index contributed by atoms with van der Waals surface area (Å²) in [5.41, 5.74) is 0.803. The van der Waals surface area contributed by atoms with E-state index in [0.717, 1.165) is 11.3 Å². The molecular formula is C25H29N3O6S. The number of thioether (sulfide) groups is 1. The maximum absolute atomic E-state index is 13.0. The van der Waals surface area contributed by atoms with Crippen LogP contribution < -0.4 is 10.1 Å². The fraction of sp³-hybridized carbons (Fsp3) is 0.360. The molecule has 9 nitrogen and oxygen atoms in total. The van der Waals surface area contributed by atoms with Crippen LogP contribution in [-0.4, -0.2) is 47.3 Å². The van der Waals surface area contributed by atoms with E-state index in [1.54, 1.807) is 57.8 Å². The van der Waals surface area contributed by atoms with Crippen molar-refractivity contribution in [2.24, 2.45) is 5.41 Å². The van der Waals surface area contributed by atoms with Gasteiger partial charge in [0.05, 0.1) is 23.5 Å². The molecule has 1 heterocycles. The number of para-hydroxylation sites is 1. The van der Waals surface area contributed by atoms with Gasteiger partial charge in [-0.05, 0) is 44.5 Å². The average Bonchev–Trinajstić information content (AvgIpc) is 3.26. The van der Waals surface area contributed by atoms with E-state index in [1.165, 1.54) is 6.07 Å². The number of benzene rings is 2. The van der Waals surface area contributed by atoms with Gasteiger partial charge in [0.15, 0.2) is 0 Å². The number of hydrogen-bond donors (Lipinski definition) is 2. The van der Waals surface area contributed by atoms with Crippen molar-refractivity contribution in [3.8, 4) is 5.75 Å². The average molecular weight is 500 g/mol. The third kappa shape index (κ3) is 6.98. The van der Waals surface area contributed by atoms with Crippen LogP contribution >= 0.6 is 11.8 Å². The van der Waals surface area contributed by atoms with E-state index in [9.17, 15) is 19.7 Å². The van der Waals surface area contributed by atoms with Gasteiger partial charge < -0.3 is 19.8 Å². The number of nitrogens with one attached hydrogen (secondary N) is 2. The molecule has 0 aliphatic heterocycles. The summed E-state index contributed by atoms with van der Waals surface area (Å²) in [6, 6.07) is 13.5. The lowest BCUT2D eigenvalue weighted by atomic mass is 9.97. The zero-order chi connectivity index (χ0) is 25.6. The minimum absolute atomic E-state index is 0.0117. The highest BCUT2D eigenvalue weighted by Crippen LogP contribution is 2.25. The van der Waals surface area contributed by atoms with Gasteiger partial charge >= 0.3 is 5.97 Å². The number of amides is 1. The van der Waals surface area contributed by atoms with Gasteiger partial charge in [0, 0.05) is 23.0 Å². The predicted octanol–water partition coefficient (Wildman–Crippen LogP) is 4.71. The first kappa shape index (κ1) is 26.1. The molecule has 0 saturated carbocycles. The SMILES string of the molecule is COc1ccc(CSCC(COC(=O)C(C)(C)C)NC(=O)c2cc3cccc([N+](=O)[O-])c3[nH]2)cc1. The van der Waals surface area contributed by atoms with Crippen LogP contribution in [0.1, 0.15) is 36.8 Å². The molecule has 186 valence electrons. The first-order chi connectivity index (χ1) is 16.6. The molecule has 1 amide bonds. The number of nitro groups is 1. The number of esters is 1. The molecular weight excluding hydrogens is 470 g/mol. The van der Waals surface area contributed by atoms with E-state index in [1.807, 2.05) is 24.3 Å². The number of methoxy groups -OCH3 is 1. The van der Waals surface area contributed by atoms with Crippen molar-refractivity contribution in [3.05, 3.63) is 69.9 Å². The molecule has 1 atom stereocenters. The van der Waals surface area contributed by atoms with Crippen molar-refractivity contribution in [1.82, 2.24) is 10.3 Å². The Morgan fingerprint density at radius 3 is 2.51 bits per heavy atom. The summed E-state index contributed by atoms with van der Waals surface area (Å²) < 4.78 is 10.6. The van der Waals surface area contributed by atoms with Crippen molar-refractivity contribution in [1.29, 1.82) is 0 Å². The molecule has 3 rings (SSSR count). The molecule has 1 aromatic heterocycles. The lowest BCUT2D eigenvalue weighted by Gasteiger charge is -2.22. The van der Waals surface area contributed by atoms with Crippen LogP contribution in [-0.2, 0) is 15.3 Å². The maximum Gasteiger partial charge on any atom is 0.311 e. The Bertz CT molecular complexity index is 1200. The number of carbonyl (C=O) groups is 2. The highest BCUT2D eigenvalue weighted by molar-refractivity contribution is 7.98. The number of nitrogens with zero attached hydrogens (tertiary/aromatic N) is 1. The quantitative estimate of drug-likeness (QED) is 0.235. The van der Waals surface area contributed by atoms with Crippen LogP contribution in [0.5, 0.6) is 5.75 Å². The van der Waals surface area contributed by atoms with E-state index < -0.39 is 22.3 Å². The second-order valence-corrected chi connectivity index (χ2v) is 10.1. The van der Waals surface area contributed by atoms with E-state index in [-0.39, 0.29) is 29.5 Å². The molecule has 2 N–H and O–H groups in total. The van der Waals surface area contributed by atoms with Gasteiger partial charge in [-0.15, -0.1) is 0 Å². The summed E-state index contributed by atoms with van der Waals surface area (Å²) in [6.07, 6.45) is 0.